The highest BCUT2D eigenvalue weighted by Gasteiger charge is 2.16. The predicted octanol–water partition coefficient (Wildman–Crippen LogP) is 3.86. The molecular formula is C12H26NO3P. The molecule has 0 aliphatic heterocycles. The Bertz CT molecular complexity index is 244. The van der Waals surface area contributed by atoms with E-state index in [4.69, 9.17) is 5.21 Å². The Balaban J connectivity index is 3.42. The van der Waals surface area contributed by atoms with Crippen molar-refractivity contribution in [3.05, 3.63) is 0 Å². The van der Waals surface area contributed by atoms with Crippen LogP contribution in [0, 0.1) is 0 Å². The Kier molecular flexibility index (Phi) is 10.6. The van der Waals surface area contributed by atoms with Crippen LogP contribution in [-0.2, 0) is 4.57 Å². The molecule has 0 amide bonds. The molecule has 0 saturated heterocycles. The maximum Gasteiger partial charge on any atom is 0.201 e. The van der Waals surface area contributed by atoms with Crippen molar-refractivity contribution in [2.75, 3.05) is 12.3 Å². The van der Waals surface area contributed by atoms with Crippen LogP contribution in [-0.4, -0.2) is 28.6 Å². The lowest BCUT2D eigenvalue weighted by Gasteiger charge is -2.09. The van der Waals surface area contributed by atoms with Crippen LogP contribution in [0.3, 0.4) is 0 Å². The van der Waals surface area contributed by atoms with Crippen molar-refractivity contribution in [3.63, 3.8) is 0 Å². The van der Waals surface area contributed by atoms with E-state index < -0.39 is 7.37 Å². The average molecular weight is 263 g/mol. The lowest BCUT2D eigenvalue weighted by atomic mass is 10.1. The van der Waals surface area contributed by atoms with Gasteiger partial charge < -0.3 is 10.1 Å². The molecule has 0 saturated carbocycles. The van der Waals surface area contributed by atoms with Gasteiger partial charge in [0.2, 0.25) is 7.37 Å². The number of unbranched alkanes of at least 4 members (excludes halogenated alkanes) is 6. The first-order valence-corrected chi connectivity index (χ1v) is 8.62. The molecule has 0 radical (unpaired) electrons. The largest absolute Gasteiger partial charge is 0.411 e. The van der Waals surface area contributed by atoms with Crippen LogP contribution in [0.5, 0.6) is 0 Å². The second kappa shape index (κ2) is 10.8. The highest BCUT2D eigenvalue weighted by Crippen LogP contribution is 2.41. The van der Waals surface area contributed by atoms with Crippen molar-refractivity contribution < 1.29 is 14.7 Å². The fourth-order valence-corrected chi connectivity index (χ4v) is 3.21. The number of oxime groups is 1. The molecule has 0 aromatic rings. The van der Waals surface area contributed by atoms with Gasteiger partial charge in [-0.1, -0.05) is 45.4 Å². The van der Waals surface area contributed by atoms with Gasteiger partial charge in [-0.25, -0.2) is 0 Å². The van der Waals surface area contributed by atoms with Gasteiger partial charge in [0.05, 0.1) is 0 Å². The van der Waals surface area contributed by atoms with Crippen molar-refractivity contribution in [2.24, 2.45) is 5.16 Å². The number of hydrogen-bond donors (Lipinski definition) is 2. The highest BCUT2D eigenvalue weighted by atomic mass is 31.2. The molecule has 0 rings (SSSR count). The van der Waals surface area contributed by atoms with Gasteiger partial charge in [0.25, 0.3) is 0 Å². The third kappa shape index (κ3) is 11.9. The van der Waals surface area contributed by atoms with Gasteiger partial charge in [-0.3, -0.25) is 4.57 Å². The molecule has 0 fully saturated rings. The van der Waals surface area contributed by atoms with Crippen LogP contribution in [0.25, 0.3) is 0 Å². The summed E-state index contributed by atoms with van der Waals surface area (Å²) < 4.78 is 11.6. The zero-order valence-electron chi connectivity index (χ0n) is 10.8. The zero-order valence-corrected chi connectivity index (χ0v) is 11.7. The standard InChI is InChI=1S/C12H26NO3P/c1-2-3-4-5-6-7-8-11-17(15,16)12-9-10-13-14/h10,14H,2-9,11-12H2,1H3,(H,15,16). The summed E-state index contributed by atoms with van der Waals surface area (Å²) in [6, 6.07) is 0. The summed E-state index contributed by atoms with van der Waals surface area (Å²) in [4.78, 5) is 9.59. The van der Waals surface area contributed by atoms with Crippen molar-refractivity contribution >= 4 is 13.6 Å². The molecule has 1 atom stereocenters. The third-order valence-electron chi connectivity index (χ3n) is 2.80. The van der Waals surface area contributed by atoms with E-state index >= 15 is 0 Å². The average Bonchev–Trinajstić information content (AvgIpc) is 2.28. The smallest absolute Gasteiger partial charge is 0.201 e. The molecule has 0 spiro atoms. The second-order valence-electron chi connectivity index (χ2n) is 4.50. The fourth-order valence-electron chi connectivity index (χ4n) is 1.74. The SMILES string of the molecule is CCCCCCCCCP(=O)(O)CCC=NO. The van der Waals surface area contributed by atoms with E-state index in [-0.39, 0.29) is 6.16 Å². The minimum atomic E-state index is -2.99. The molecule has 0 bridgehead atoms. The summed E-state index contributed by atoms with van der Waals surface area (Å²) in [5.74, 6) is 0. The Morgan fingerprint density at radius 3 is 2.24 bits per heavy atom. The molecule has 0 aliphatic rings. The molecule has 102 valence electrons. The normalized spacial score (nSPS) is 15.2. The molecule has 17 heavy (non-hydrogen) atoms. The van der Waals surface area contributed by atoms with E-state index in [0.717, 1.165) is 19.3 Å². The Morgan fingerprint density at radius 1 is 1.06 bits per heavy atom. The van der Waals surface area contributed by atoms with Gasteiger partial charge >= 0.3 is 0 Å². The Morgan fingerprint density at radius 2 is 1.65 bits per heavy atom. The lowest BCUT2D eigenvalue weighted by molar-refractivity contribution is 0.320. The Hall–Kier alpha value is -0.340. The second-order valence-corrected chi connectivity index (χ2v) is 7.09. The summed E-state index contributed by atoms with van der Waals surface area (Å²) in [5, 5.41) is 11.0. The molecule has 0 aromatic heterocycles. The van der Waals surface area contributed by atoms with Crippen LogP contribution in [0.15, 0.2) is 5.16 Å². The molecule has 1 unspecified atom stereocenters. The summed E-state index contributed by atoms with van der Waals surface area (Å²) >= 11 is 0. The molecule has 4 nitrogen and oxygen atoms in total. The van der Waals surface area contributed by atoms with E-state index in [1.54, 1.807) is 0 Å². The maximum atomic E-state index is 11.6. The quantitative estimate of drug-likeness (QED) is 0.195. The minimum Gasteiger partial charge on any atom is -0.411 e. The van der Waals surface area contributed by atoms with Crippen LogP contribution in [0.4, 0.5) is 0 Å². The highest BCUT2D eigenvalue weighted by molar-refractivity contribution is 7.58. The number of rotatable bonds is 11. The maximum absolute atomic E-state index is 11.6. The first-order chi connectivity index (χ1) is 8.12. The fraction of sp³-hybridized carbons (Fsp3) is 0.917. The topological polar surface area (TPSA) is 69.9 Å². The van der Waals surface area contributed by atoms with Gasteiger partial charge in [-0.15, -0.1) is 5.16 Å². The molecule has 5 heteroatoms. The number of hydrogen-bond acceptors (Lipinski definition) is 3. The summed E-state index contributed by atoms with van der Waals surface area (Å²) in [6.45, 7) is 2.19. The van der Waals surface area contributed by atoms with Gasteiger partial charge in [-0.2, -0.15) is 0 Å². The van der Waals surface area contributed by atoms with E-state index in [9.17, 15) is 9.46 Å². The van der Waals surface area contributed by atoms with E-state index in [1.807, 2.05) is 0 Å². The summed E-state index contributed by atoms with van der Waals surface area (Å²) in [6.07, 6.45) is 10.4. The van der Waals surface area contributed by atoms with Gasteiger partial charge in [-0.05, 0) is 12.8 Å². The molecular weight excluding hydrogens is 237 g/mol. The van der Waals surface area contributed by atoms with Crippen LogP contribution in [0.2, 0.25) is 0 Å². The molecule has 0 aromatic carbocycles. The summed E-state index contributed by atoms with van der Waals surface area (Å²) in [7, 11) is -2.99. The van der Waals surface area contributed by atoms with Crippen LogP contribution >= 0.6 is 7.37 Å². The van der Waals surface area contributed by atoms with E-state index in [1.165, 1.54) is 31.9 Å². The minimum absolute atomic E-state index is 0.229. The first kappa shape index (κ1) is 16.7. The molecule has 2 N–H and O–H groups in total. The van der Waals surface area contributed by atoms with Crippen LogP contribution in [0.1, 0.15) is 58.3 Å². The third-order valence-corrected chi connectivity index (χ3v) is 4.77. The zero-order chi connectivity index (χ0) is 13.0. The van der Waals surface area contributed by atoms with Crippen molar-refractivity contribution in [1.29, 1.82) is 0 Å². The summed E-state index contributed by atoms with van der Waals surface area (Å²) in [5.41, 5.74) is 0. The van der Waals surface area contributed by atoms with Crippen molar-refractivity contribution in [2.45, 2.75) is 58.3 Å². The van der Waals surface area contributed by atoms with Crippen molar-refractivity contribution in [1.82, 2.24) is 0 Å². The van der Waals surface area contributed by atoms with Crippen molar-refractivity contribution in [3.8, 4) is 0 Å². The molecule has 0 aliphatic carbocycles. The Labute approximate surface area is 105 Å². The molecule has 0 heterocycles. The first-order valence-electron chi connectivity index (χ1n) is 6.59. The van der Waals surface area contributed by atoms with Gasteiger partial charge in [0.1, 0.15) is 0 Å². The monoisotopic (exact) mass is 263 g/mol. The lowest BCUT2D eigenvalue weighted by Crippen LogP contribution is -1.96. The van der Waals surface area contributed by atoms with Gasteiger partial charge in [0, 0.05) is 18.5 Å². The van der Waals surface area contributed by atoms with Crippen LogP contribution < -0.4 is 0 Å². The number of nitrogens with zero attached hydrogens (tertiary/aromatic N) is 1. The predicted molar refractivity (Wildman–Crippen MR) is 72.4 cm³/mol. The van der Waals surface area contributed by atoms with Gasteiger partial charge in [0.15, 0.2) is 0 Å². The van der Waals surface area contributed by atoms with E-state index in [0.29, 0.717) is 12.6 Å². The van der Waals surface area contributed by atoms with E-state index in [2.05, 4.69) is 12.1 Å².